The summed E-state index contributed by atoms with van der Waals surface area (Å²) >= 11 is 7.73. The van der Waals surface area contributed by atoms with Gasteiger partial charge in [0.15, 0.2) is 10.3 Å². The maximum Gasteiger partial charge on any atom is 0.189 e. The summed E-state index contributed by atoms with van der Waals surface area (Å²) < 4.78 is 5.16. The first-order valence-electron chi connectivity index (χ1n) is 7.30. The second kappa shape index (κ2) is 8.19. The molecular weight excluding hydrogens is 330 g/mol. The van der Waals surface area contributed by atoms with Crippen molar-refractivity contribution in [1.29, 1.82) is 5.26 Å². The molecule has 0 fully saturated rings. The summed E-state index contributed by atoms with van der Waals surface area (Å²) in [6.07, 6.45) is 1.07. The summed E-state index contributed by atoms with van der Waals surface area (Å²) in [4.78, 5) is 8.76. The van der Waals surface area contributed by atoms with Crippen LogP contribution >= 0.6 is 23.4 Å². The fourth-order valence-corrected chi connectivity index (χ4v) is 3.27. The molecule has 0 unspecified atom stereocenters. The summed E-state index contributed by atoms with van der Waals surface area (Å²) in [5, 5.41) is 10.1. The number of hydrogen-bond donors (Lipinski definition) is 0. The maximum absolute atomic E-state index is 9.36. The molecule has 0 amide bonds. The van der Waals surface area contributed by atoms with Crippen LogP contribution in [0.15, 0.2) is 29.4 Å². The first kappa shape index (κ1) is 17.6. The number of nitrogens with zero attached hydrogens (tertiary/aromatic N) is 3. The molecule has 1 aromatic heterocycles. The van der Waals surface area contributed by atoms with E-state index in [1.165, 1.54) is 0 Å². The number of methoxy groups -OCH3 is 1. The van der Waals surface area contributed by atoms with Gasteiger partial charge in [0.1, 0.15) is 17.4 Å². The Morgan fingerprint density at radius 3 is 2.52 bits per heavy atom. The van der Waals surface area contributed by atoms with Crippen LogP contribution < -0.4 is 4.74 Å². The van der Waals surface area contributed by atoms with Crippen LogP contribution in [0.25, 0.3) is 11.3 Å². The maximum atomic E-state index is 9.36. The number of ether oxygens (including phenoxy) is 1. The van der Waals surface area contributed by atoms with Crippen LogP contribution in [0.1, 0.15) is 25.8 Å². The second-order valence-corrected chi connectivity index (χ2v) is 6.81. The van der Waals surface area contributed by atoms with E-state index in [1.54, 1.807) is 18.9 Å². The molecule has 0 bridgehead atoms. The smallest absolute Gasteiger partial charge is 0.189 e. The van der Waals surface area contributed by atoms with Gasteiger partial charge in [-0.15, -0.1) is 0 Å². The number of benzene rings is 1. The van der Waals surface area contributed by atoms with E-state index in [4.69, 9.17) is 16.3 Å². The normalized spacial score (nSPS) is 10.6. The monoisotopic (exact) mass is 347 g/mol. The average molecular weight is 348 g/mol. The van der Waals surface area contributed by atoms with E-state index in [9.17, 15) is 5.26 Å². The summed E-state index contributed by atoms with van der Waals surface area (Å²) in [5.74, 6) is 2.29. The van der Waals surface area contributed by atoms with E-state index >= 15 is 0 Å². The van der Waals surface area contributed by atoms with Gasteiger partial charge in [0.05, 0.1) is 12.8 Å². The van der Waals surface area contributed by atoms with Gasteiger partial charge in [-0.2, -0.15) is 5.26 Å². The topological polar surface area (TPSA) is 58.8 Å². The number of aromatic nitrogens is 2. The minimum absolute atomic E-state index is 0.195. The third kappa shape index (κ3) is 4.60. The minimum atomic E-state index is 0.195. The highest BCUT2D eigenvalue weighted by Gasteiger charge is 2.15. The molecule has 0 spiro atoms. The number of rotatable bonds is 6. The van der Waals surface area contributed by atoms with Gasteiger partial charge < -0.3 is 4.74 Å². The number of thioether (sulfide) groups is 1. The molecular formula is C17H18ClN3OS. The molecule has 0 aliphatic carbocycles. The number of hydrogen-bond acceptors (Lipinski definition) is 5. The second-order valence-electron chi connectivity index (χ2n) is 5.39. The Bertz CT molecular complexity index is 711. The van der Waals surface area contributed by atoms with Crippen LogP contribution in [-0.2, 0) is 0 Å². The van der Waals surface area contributed by atoms with E-state index in [2.05, 4.69) is 29.9 Å². The van der Waals surface area contributed by atoms with E-state index in [0.717, 1.165) is 23.5 Å². The molecule has 0 atom stereocenters. The molecule has 0 saturated carbocycles. The summed E-state index contributed by atoms with van der Waals surface area (Å²) in [7, 11) is 1.61. The summed E-state index contributed by atoms with van der Waals surface area (Å²) in [6, 6.07) is 9.48. The van der Waals surface area contributed by atoms with Crippen molar-refractivity contribution in [3.8, 4) is 23.1 Å². The molecule has 2 aromatic rings. The molecule has 0 aliphatic rings. The molecule has 0 radical (unpaired) electrons. The van der Waals surface area contributed by atoms with Crippen molar-refractivity contribution in [2.75, 3.05) is 12.9 Å². The van der Waals surface area contributed by atoms with Gasteiger partial charge in [-0.3, -0.25) is 0 Å². The van der Waals surface area contributed by atoms with Crippen molar-refractivity contribution >= 4 is 23.4 Å². The van der Waals surface area contributed by atoms with Crippen LogP contribution in [0, 0.1) is 17.2 Å². The molecule has 2 rings (SSSR count). The highest BCUT2D eigenvalue weighted by molar-refractivity contribution is 7.99. The minimum Gasteiger partial charge on any atom is -0.497 e. The van der Waals surface area contributed by atoms with E-state index in [1.807, 2.05) is 24.3 Å². The molecule has 0 N–H and O–H groups in total. The van der Waals surface area contributed by atoms with Gasteiger partial charge in [0.2, 0.25) is 0 Å². The Labute approximate surface area is 145 Å². The molecule has 120 valence electrons. The van der Waals surface area contributed by atoms with Gasteiger partial charge in [0, 0.05) is 11.3 Å². The van der Waals surface area contributed by atoms with Crippen LogP contribution in [0.2, 0.25) is 5.15 Å². The van der Waals surface area contributed by atoms with Crippen molar-refractivity contribution in [1.82, 2.24) is 9.97 Å². The third-order valence-electron chi connectivity index (χ3n) is 3.25. The Morgan fingerprint density at radius 2 is 1.96 bits per heavy atom. The highest BCUT2D eigenvalue weighted by Crippen LogP contribution is 2.30. The lowest BCUT2D eigenvalue weighted by atomic mass is 10.1. The molecule has 23 heavy (non-hydrogen) atoms. The lowest BCUT2D eigenvalue weighted by Crippen LogP contribution is -1.98. The zero-order chi connectivity index (χ0) is 16.8. The summed E-state index contributed by atoms with van der Waals surface area (Å²) in [5.41, 5.74) is 1.67. The Kier molecular flexibility index (Phi) is 6.26. The lowest BCUT2D eigenvalue weighted by molar-refractivity contribution is 0.415. The van der Waals surface area contributed by atoms with Crippen molar-refractivity contribution in [3.05, 3.63) is 35.0 Å². The van der Waals surface area contributed by atoms with Crippen molar-refractivity contribution < 1.29 is 4.74 Å². The van der Waals surface area contributed by atoms with E-state index in [-0.39, 0.29) is 5.15 Å². The van der Waals surface area contributed by atoms with Crippen molar-refractivity contribution in [2.45, 2.75) is 25.4 Å². The third-order valence-corrected chi connectivity index (χ3v) is 4.40. The molecule has 1 aromatic carbocycles. The fourth-order valence-electron chi connectivity index (χ4n) is 1.92. The zero-order valence-corrected chi connectivity index (χ0v) is 14.9. The van der Waals surface area contributed by atoms with Gasteiger partial charge in [0.25, 0.3) is 0 Å². The van der Waals surface area contributed by atoms with Crippen LogP contribution in [0.4, 0.5) is 0 Å². The van der Waals surface area contributed by atoms with Crippen LogP contribution in [0.5, 0.6) is 5.75 Å². The Morgan fingerprint density at radius 1 is 1.26 bits per heavy atom. The van der Waals surface area contributed by atoms with Crippen molar-refractivity contribution in [2.24, 2.45) is 5.92 Å². The zero-order valence-electron chi connectivity index (χ0n) is 13.3. The SMILES string of the molecule is COc1ccc(-c2nc(SCCC(C)C)nc(Cl)c2C#N)cc1. The summed E-state index contributed by atoms with van der Waals surface area (Å²) in [6.45, 7) is 4.35. The quantitative estimate of drug-likeness (QED) is 0.426. The lowest BCUT2D eigenvalue weighted by Gasteiger charge is -2.09. The molecule has 0 aliphatic heterocycles. The predicted octanol–water partition coefficient (Wildman–Crippen LogP) is 4.82. The highest BCUT2D eigenvalue weighted by atomic mass is 35.5. The van der Waals surface area contributed by atoms with Crippen LogP contribution in [0.3, 0.4) is 0 Å². The fraction of sp³-hybridized carbons (Fsp3) is 0.353. The van der Waals surface area contributed by atoms with E-state index < -0.39 is 0 Å². The van der Waals surface area contributed by atoms with E-state index in [0.29, 0.717) is 22.3 Å². The average Bonchev–Trinajstić information content (AvgIpc) is 2.54. The van der Waals surface area contributed by atoms with Crippen molar-refractivity contribution in [3.63, 3.8) is 0 Å². The first-order valence-corrected chi connectivity index (χ1v) is 8.66. The number of halogens is 1. The first-order chi connectivity index (χ1) is 11.0. The number of nitriles is 1. The van der Waals surface area contributed by atoms with Gasteiger partial charge in [-0.25, -0.2) is 9.97 Å². The Balaban J connectivity index is 2.35. The van der Waals surface area contributed by atoms with Gasteiger partial charge in [-0.05, 0) is 36.6 Å². The Hall–Kier alpha value is -1.77. The standard InChI is InChI=1S/C17H18ClN3OS/c1-11(2)8-9-23-17-20-15(14(10-19)16(18)21-17)12-4-6-13(22-3)7-5-12/h4-7,11H,8-9H2,1-3H3. The molecule has 6 heteroatoms. The van der Waals surface area contributed by atoms with Crippen LogP contribution in [-0.4, -0.2) is 22.8 Å². The molecule has 4 nitrogen and oxygen atoms in total. The largest absolute Gasteiger partial charge is 0.497 e. The molecule has 1 heterocycles. The van der Waals surface area contributed by atoms with Gasteiger partial charge >= 0.3 is 0 Å². The molecule has 0 saturated heterocycles. The predicted molar refractivity (Wildman–Crippen MR) is 93.9 cm³/mol. The van der Waals surface area contributed by atoms with Gasteiger partial charge in [-0.1, -0.05) is 37.2 Å².